The van der Waals surface area contributed by atoms with E-state index in [-0.39, 0.29) is 5.91 Å². The number of piperidine rings is 1. The summed E-state index contributed by atoms with van der Waals surface area (Å²) in [6.07, 6.45) is 10.8. The zero-order valence-electron chi connectivity index (χ0n) is 14.3. The average Bonchev–Trinajstić information content (AvgIpc) is 3.18. The molecule has 0 aliphatic carbocycles. The number of thiazole rings is 1. The van der Waals surface area contributed by atoms with Crippen molar-refractivity contribution >= 4 is 22.2 Å². The van der Waals surface area contributed by atoms with Crippen LogP contribution in [0.1, 0.15) is 30.6 Å². The lowest BCUT2D eigenvalue weighted by atomic mass is 9.97. The van der Waals surface area contributed by atoms with Gasteiger partial charge in [0.2, 0.25) is 5.91 Å². The number of likely N-dealkylation sites (N-methyl/N-ethyl adjacent to an activating group) is 1. The molecule has 2 unspecified atom stereocenters. The summed E-state index contributed by atoms with van der Waals surface area (Å²) < 4.78 is 2.08. The van der Waals surface area contributed by atoms with Crippen molar-refractivity contribution in [1.29, 1.82) is 0 Å². The van der Waals surface area contributed by atoms with Gasteiger partial charge in [0.1, 0.15) is 0 Å². The van der Waals surface area contributed by atoms with Gasteiger partial charge in [-0.1, -0.05) is 0 Å². The second-order valence-corrected chi connectivity index (χ2v) is 8.30. The van der Waals surface area contributed by atoms with E-state index in [9.17, 15) is 4.79 Å². The Hall–Kier alpha value is -1.44. The van der Waals surface area contributed by atoms with Gasteiger partial charge in [-0.25, -0.2) is 4.98 Å². The maximum absolute atomic E-state index is 12.0. The molecule has 2 aromatic rings. The average molecular weight is 347 g/mol. The molecule has 0 saturated carbocycles. The van der Waals surface area contributed by atoms with Crippen LogP contribution in [0.25, 0.3) is 4.96 Å². The van der Waals surface area contributed by atoms with Crippen LogP contribution >= 0.6 is 11.3 Å². The number of fused-ring (bicyclic) bond motifs is 3. The standard InChI is InChI=1S/C17H25N5OS/c1-20(2)16(23)11-22-13-3-4-14(22)8-12(7-13)19-9-15-10-21-6-5-18-17(21)24-15/h5-6,10,12-14,19H,3-4,7-9,11H2,1-2H3. The third-order valence-electron chi connectivity index (χ3n) is 5.40. The molecule has 2 atom stereocenters. The van der Waals surface area contributed by atoms with Crippen LogP contribution in [0.2, 0.25) is 0 Å². The number of hydrogen-bond donors (Lipinski definition) is 1. The summed E-state index contributed by atoms with van der Waals surface area (Å²) in [5.41, 5.74) is 0. The van der Waals surface area contributed by atoms with Crippen LogP contribution < -0.4 is 5.32 Å². The summed E-state index contributed by atoms with van der Waals surface area (Å²) in [6.45, 7) is 1.49. The predicted octanol–water partition coefficient (Wildman–Crippen LogP) is 1.57. The smallest absolute Gasteiger partial charge is 0.236 e. The van der Waals surface area contributed by atoms with Gasteiger partial charge in [0, 0.05) is 62.2 Å². The first-order valence-electron chi connectivity index (χ1n) is 8.71. The van der Waals surface area contributed by atoms with Gasteiger partial charge in [0.05, 0.1) is 6.54 Å². The molecule has 0 spiro atoms. The van der Waals surface area contributed by atoms with Gasteiger partial charge in [-0.2, -0.15) is 0 Å². The summed E-state index contributed by atoms with van der Waals surface area (Å²) in [5.74, 6) is 0.222. The van der Waals surface area contributed by atoms with E-state index in [0.717, 1.165) is 24.3 Å². The highest BCUT2D eigenvalue weighted by Gasteiger charge is 2.41. The molecule has 0 aromatic carbocycles. The number of rotatable bonds is 5. The van der Waals surface area contributed by atoms with Crippen LogP contribution in [0.15, 0.2) is 18.6 Å². The number of amides is 1. The Morgan fingerprint density at radius 2 is 2.12 bits per heavy atom. The van der Waals surface area contributed by atoms with E-state index in [1.54, 1.807) is 16.2 Å². The Morgan fingerprint density at radius 1 is 1.38 bits per heavy atom. The summed E-state index contributed by atoms with van der Waals surface area (Å²) in [6, 6.07) is 1.68. The zero-order chi connectivity index (χ0) is 16.7. The maximum atomic E-state index is 12.0. The fourth-order valence-electron chi connectivity index (χ4n) is 4.10. The fraction of sp³-hybridized carbons (Fsp3) is 0.647. The maximum Gasteiger partial charge on any atom is 0.236 e. The fourth-order valence-corrected chi connectivity index (χ4v) is 4.99. The summed E-state index contributed by atoms with van der Waals surface area (Å²) in [7, 11) is 3.69. The van der Waals surface area contributed by atoms with Crippen molar-refractivity contribution < 1.29 is 4.79 Å². The van der Waals surface area contributed by atoms with Crippen molar-refractivity contribution in [2.24, 2.45) is 0 Å². The van der Waals surface area contributed by atoms with E-state index in [1.165, 1.54) is 17.7 Å². The van der Waals surface area contributed by atoms with E-state index < -0.39 is 0 Å². The molecule has 6 nitrogen and oxygen atoms in total. The van der Waals surface area contributed by atoms with Crippen molar-refractivity contribution in [3.8, 4) is 0 Å². The van der Waals surface area contributed by atoms with Gasteiger partial charge in [0.15, 0.2) is 4.96 Å². The molecule has 4 heterocycles. The van der Waals surface area contributed by atoms with Crippen LogP contribution in [0, 0.1) is 0 Å². The second-order valence-electron chi connectivity index (χ2n) is 7.21. The number of nitrogens with zero attached hydrogens (tertiary/aromatic N) is 4. The molecule has 2 aromatic heterocycles. The highest BCUT2D eigenvalue weighted by Crippen LogP contribution is 2.35. The molecule has 130 valence electrons. The number of carbonyl (C=O) groups is 1. The number of carbonyl (C=O) groups excluding carboxylic acids is 1. The van der Waals surface area contributed by atoms with Gasteiger partial charge >= 0.3 is 0 Å². The molecule has 4 rings (SSSR count). The molecule has 2 aliphatic rings. The Kier molecular flexibility index (Phi) is 4.32. The minimum atomic E-state index is 0.222. The molecule has 2 bridgehead atoms. The van der Waals surface area contributed by atoms with Crippen LogP contribution in [-0.2, 0) is 11.3 Å². The summed E-state index contributed by atoms with van der Waals surface area (Å²) in [5, 5.41) is 3.73. The number of aromatic nitrogens is 2. The van der Waals surface area contributed by atoms with E-state index in [1.807, 2.05) is 26.5 Å². The Bertz CT molecular complexity index is 681. The van der Waals surface area contributed by atoms with Gasteiger partial charge in [-0.15, -0.1) is 11.3 Å². The Labute approximate surface area is 146 Å². The first-order valence-corrected chi connectivity index (χ1v) is 9.52. The molecule has 24 heavy (non-hydrogen) atoms. The molecule has 1 amide bonds. The molecule has 2 fully saturated rings. The van der Waals surface area contributed by atoms with Gasteiger partial charge < -0.3 is 10.2 Å². The monoisotopic (exact) mass is 347 g/mol. The van der Waals surface area contributed by atoms with Crippen molar-refractivity contribution in [2.75, 3.05) is 20.6 Å². The van der Waals surface area contributed by atoms with Crippen LogP contribution in [0.3, 0.4) is 0 Å². The molecule has 1 N–H and O–H groups in total. The lowest BCUT2D eigenvalue weighted by Crippen LogP contribution is -2.51. The van der Waals surface area contributed by atoms with Gasteiger partial charge in [0.25, 0.3) is 0 Å². The normalized spacial score (nSPS) is 27.0. The molecule has 2 aliphatic heterocycles. The van der Waals surface area contributed by atoms with Crippen molar-refractivity contribution in [3.63, 3.8) is 0 Å². The molecule has 7 heteroatoms. The molecule has 0 radical (unpaired) electrons. The lowest BCUT2D eigenvalue weighted by Gasteiger charge is -2.39. The number of nitrogens with one attached hydrogen (secondary N) is 1. The van der Waals surface area contributed by atoms with Gasteiger partial charge in [-0.3, -0.25) is 14.1 Å². The Balaban J connectivity index is 1.33. The minimum Gasteiger partial charge on any atom is -0.348 e. The first-order chi connectivity index (χ1) is 11.6. The molecular formula is C17H25N5OS. The highest BCUT2D eigenvalue weighted by atomic mass is 32.1. The third-order valence-corrected chi connectivity index (χ3v) is 6.42. The number of imidazole rings is 1. The quantitative estimate of drug-likeness (QED) is 0.892. The second kappa shape index (κ2) is 6.46. The molecular weight excluding hydrogens is 322 g/mol. The zero-order valence-corrected chi connectivity index (χ0v) is 15.1. The van der Waals surface area contributed by atoms with Crippen molar-refractivity contribution in [3.05, 3.63) is 23.5 Å². The van der Waals surface area contributed by atoms with E-state index >= 15 is 0 Å². The SMILES string of the molecule is CN(C)C(=O)CN1C2CCC1CC(NCc1cn3ccnc3s1)C2. The van der Waals surface area contributed by atoms with E-state index in [4.69, 9.17) is 0 Å². The van der Waals surface area contributed by atoms with Crippen LogP contribution in [0.4, 0.5) is 0 Å². The van der Waals surface area contributed by atoms with E-state index in [0.29, 0.717) is 24.7 Å². The lowest BCUT2D eigenvalue weighted by molar-refractivity contribution is -0.131. The first kappa shape index (κ1) is 16.1. The Morgan fingerprint density at radius 3 is 2.79 bits per heavy atom. The van der Waals surface area contributed by atoms with Crippen LogP contribution in [-0.4, -0.2) is 63.9 Å². The topological polar surface area (TPSA) is 52.9 Å². The largest absolute Gasteiger partial charge is 0.348 e. The summed E-state index contributed by atoms with van der Waals surface area (Å²) in [4.78, 5) is 22.9. The predicted molar refractivity (Wildman–Crippen MR) is 95.1 cm³/mol. The molecule has 2 saturated heterocycles. The highest BCUT2D eigenvalue weighted by molar-refractivity contribution is 7.17. The van der Waals surface area contributed by atoms with E-state index in [2.05, 4.69) is 25.8 Å². The minimum absolute atomic E-state index is 0.222. The van der Waals surface area contributed by atoms with Crippen molar-refractivity contribution in [1.82, 2.24) is 24.5 Å². The third kappa shape index (κ3) is 3.08. The summed E-state index contributed by atoms with van der Waals surface area (Å²) >= 11 is 1.75. The van der Waals surface area contributed by atoms with Crippen LogP contribution in [0.5, 0.6) is 0 Å². The van der Waals surface area contributed by atoms with Crippen molar-refractivity contribution in [2.45, 2.75) is 50.4 Å². The number of hydrogen-bond acceptors (Lipinski definition) is 5. The van der Waals surface area contributed by atoms with Gasteiger partial charge in [-0.05, 0) is 25.7 Å².